The number of methoxy groups -OCH3 is 2. The van der Waals surface area contributed by atoms with Gasteiger partial charge in [0.05, 0.1) is 18.4 Å². The molecular formula is C13H24N4O2. The molecule has 0 bridgehead atoms. The van der Waals surface area contributed by atoms with Crippen molar-refractivity contribution in [2.45, 2.75) is 32.5 Å². The highest BCUT2D eigenvalue weighted by Gasteiger charge is 2.07. The zero-order valence-electron chi connectivity index (χ0n) is 12.1. The molecule has 0 saturated carbocycles. The summed E-state index contributed by atoms with van der Waals surface area (Å²) in [7, 11) is 3.32. The van der Waals surface area contributed by atoms with Gasteiger partial charge in [-0.15, -0.1) is 5.10 Å². The molecule has 0 aliphatic heterocycles. The van der Waals surface area contributed by atoms with Crippen molar-refractivity contribution in [3.05, 3.63) is 17.8 Å². The molecule has 0 aliphatic rings. The predicted octanol–water partition coefficient (Wildman–Crippen LogP) is 1.05. The molecule has 19 heavy (non-hydrogen) atoms. The number of aromatic nitrogens is 2. The quantitative estimate of drug-likeness (QED) is 0.697. The summed E-state index contributed by atoms with van der Waals surface area (Å²) in [5, 5.41) is 14.8. The van der Waals surface area contributed by atoms with Crippen LogP contribution in [0.2, 0.25) is 0 Å². The SMILES string of the molecule is COCC(CNc1ccc(CNC(C)C)nn1)OC. The number of rotatable bonds is 9. The molecule has 1 aromatic heterocycles. The van der Waals surface area contributed by atoms with E-state index in [-0.39, 0.29) is 6.10 Å². The molecule has 6 heteroatoms. The van der Waals surface area contributed by atoms with E-state index in [1.54, 1.807) is 14.2 Å². The summed E-state index contributed by atoms with van der Waals surface area (Å²) < 4.78 is 10.3. The average molecular weight is 268 g/mol. The Balaban J connectivity index is 2.39. The second-order valence-electron chi connectivity index (χ2n) is 4.64. The molecule has 0 saturated heterocycles. The Kier molecular flexibility index (Phi) is 7.32. The van der Waals surface area contributed by atoms with Crippen molar-refractivity contribution in [1.29, 1.82) is 0 Å². The minimum atomic E-state index is 0.00841. The van der Waals surface area contributed by atoms with Gasteiger partial charge in [0.25, 0.3) is 0 Å². The molecule has 1 atom stereocenters. The van der Waals surface area contributed by atoms with Crippen molar-refractivity contribution in [1.82, 2.24) is 15.5 Å². The van der Waals surface area contributed by atoms with Crippen molar-refractivity contribution in [3.8, 4) is 0 Å². The van der Waals surface area contributed by atoms with Gasteiger partial charge in [0.1, 0.15) is 5.82 Å². The van der Waals surface area contributed by atoms with E-state index in [0.29, 0.717) is 19.2 Å². The highest BCUT2D eigenvalue weighted by atomic mass is 16.5. The molecule has 0 radical (unpaired) electrons. The van der Waals surface area contributed by atoms with Crippen LogP contribution < -0.4 is 10.6 Å². The molecule has 2 N–H and O–H groups in total. The van der Waals surface area contributed by atoms with Crippen LogP contribution in [0.5, 0.6) is 0 Å². The Morgan fingerprint density at radius 1 is 1.21 bits per heavy atom. The number of anilines is 1. The van der Waals surface area contributed by atoms with Gasteiger partial charge < -0.3 is 20.1 Å². The lowest BCUT2D eigenvalue weighted by Gasteiger charge is -2.15. The van der Waals surface area contributed by atoms with Crippen molar-refractivity contribution in [2.24, 2.45) is 0 Å². The standard InChI is InChI=1S/C13H24N4O2/c1-10(2)14-7-11-5-6-13(17-16-11)15-8-12(19-4)9-18-3/h5-6,10,12,14H,7-9H2,1-4H3,(H,15,17). The van der Waals surface area contributed by atoms with Gasteiger partial charge >= 0.3 is 0 Å². The van der Waals surface area contributed by atoms with Gasteiger partial charge in [-0.3, -0.25) is 0 Å². The van der Waals surface area contributed by atoms with Gasteiger partial charge in [-0.05, 0) is 12.1 Å². The maximum atomic E-state index is 5.26. The topological polar surface area (TPSA) is 68.3 Å². The highest BCUT2D eigenvalue weighted by molar-refractivity contribution is 5.33. The summed E-state index contributed by atoms with van der Waals surface area (Å²) in [4.78, 5) is 0. The van der Waals surface area contributed by atoms with Crippen LogP contribution in [0.3, 0.4) is 0 Å². The van der Waals surface area contributed by atoms with E-state index in [4.69, 9.17) is 9.47 Å². The molecule has 0 aromatic carbocycles. The molecule has 6 nitrogen and oxygen atoms in total. The third kappa shape index (κ3) is 6.47. The number of nitrogens with zero attached hydrogens (tertiary/aromatic N) is 2. The summed E-state index contributed by atoms with van der Waals surface area (Å²) in [6.07, 6.45) is 0.00841. The van der Waals surface area contributed by atoms with Gasteiger partial charge in [0, 0.05) is 33.4 Å². The maximum Gasteiger partial charge on any atom is 0.148 e. The molecule has 0 aliphatic carbocycles. The van der Waals surface area contributed by atoms with Crippen molar-refractivity contribution < 1.29 is 9.47 Å². The van der Waals surface area contributed by atoms with Crippen LogP contribution in [0, 0.1) is 0 Å². The second-order valence-corrected chi connectivity index (χ2v) is 4.64. The first kappa shape index (κ1) is 15.8. The summed E-state index contributed by atoms with van der Waals surface area (Å²) in [5.41, 5.74) is 0.930. The van der Waals surface area contributed by atoms with Gasteiger partial charge in [-0.1, -0.05) is 13.8 Å². The lowest BCUT2D eigenvalue weighted by atomic mass is 10.3. The fraction of sp³-hybridized carbons (Fsp3) is 0.692. The van der Waals surface area contributed by atoms with Crippen LogP contribution in [0.1, 0.15) is 19.5 Å². The van der Waals surface area contributed by atoms with E-state index in [2.05, 4.69) is 34.7 Å². The summed E-state index contributed by atoms with van der Waals surface area (Å²) >= 11 is 0. The monoisotopic (exact) mass is 268 g/mol. The Morgan fingerprint density at radius 3 is 2.53 bits per heavy atom. The van der Waals surface area contributed by atoms with E-state index in [1.165, 1.54) is 0 Å². The van der Waals surface area contributed by atoms with Crippen LogP contribution in [0.4, 0.5) is 5.82 Å². The molecule has 0 amide bonds. The Labute approximate surface area is 114 Å². The minimum absolute atomic E-state index is 0.00841. The molecular weight excluding hydrogens is 244 g/mol. The number of nitrogens with one attached hydrogen (secondary N) is 2. The van der Waals surface area contributed by atoms with Gasteiger partial charge in [0.2, 0.25) is 0 Å². The number of hydrogen-bond acceptors (Lipinski definition) is 6. The summed E-state index contributed by atoms with van der Waals surface area (Å²) in [6, 6.07) is 4.32. The summed E-state index contributed by atoms with van der Waals surface area (Å²) in [5.74, 6) is 0.742. The van der Waals surface area contributed by atoms with Crippen molar-refractivity contribution in [3.63, 3.8) is 0 Å². The van der Waals surface area contributed by atoms with Crippen LogP contribution in [-0.4, -0.2) is 49.7 Å². The van der Waals surface area contributed by atoms with Gasteiger partial charge in [-0.2, -0.15) is 5.10 Å². The smallest absolute Gasteiger partial charge is 0.148 e. The Hall–Kier alpha value is -1.24. The summed E-state index contributed by atoms with van der Waals surface area (Å²) in [6.45, 7) is 6.12. The van der Waals surface area contributed by atoms with E-state index in [1.807, 2.05) is 12.1 Å². The lowest BCUT2D eigenvalue weighted by molar-refractivity contribution is 0.0365. The van der Waals surface area contributed by atoms with E-state index in [9.17, 15) is 0 Å². The normalized spacial score (nSPS) is 12.7. The minimum Gasteiger partial charge on any atom is -0.382 e. The van der Waals surface area contributed by atoms with Crippen LogP contribution in [0.25, 0.3) is 0 Å². The Bertz CT molecular complexity index is 343. The fourth-order valence-electron chi connectivity index (χ4n) is 1.47. The molecule has 1 rings (SSSR count). The predicted molar refractivity (Wildman–Crippen MR) is 75.2 cm³/mol. The third-order valence-corrected chi connectivity index (χ3v) is 2.61. The first-order valence-corrected chi connectivity index (χ1v) is 6.47. The zero-order valence-corrected chi connectivity index (χ0v) is 12.1. The highest BCUT2D eigenvalue weighted by Crippen LogP contribution is 2.03. The van der Waals surface area contributed by atoms with Crippen LogP contribution in [0.15, 0.2) is 12.1 Å². The van der Waals surface area contributed by atoms with Gasteiger partial charge in [-0.25, -0.2) is 0 Å². The third-order valence-electron chi connectivity index (χ3n) is 2.61. The zero-order chi connectivity index (χ0) is 14.1. The largest absolute Gasteiger partial charge is 0.382 e. The van der Waals surface area contributed by atoms with Crippen LogP contribution >= 0.6 is 0 Å². The molecule has 0 spiro atoms. The fourth-order valence-corrected chi connectivity index (χ4v) is 1.47. The average Bonchev–Trinajstić information content (AvgIpc) is 2.42. The van der Waals surface area contributed by atoms with Gasteiger partial charge in [0.15, 0.2) is 0 Å². The van der Waals surface area contributed by atoms with E-state index in [0.717, 1.165) is 18.1 Å². The second kappa shape index (κ2) is 8.79. The maximum absolute atomic E-state index is 5.26. The number of ether oxygens (including phenoxy) is 2. The van der Waals surface area contributed by atoms with Crippen LogP contribution in [-0.2, 0) is 16.0 Å². The number of hydrogen-bond donors (Lipinski definition) is 2. The Morgan fingerprint density at radius 2 is 2.00 bits per heavy atom. The first-order chi connectivity index (χ1) is 9.15. The molecule has 0 fully saturated rings. The lowest BCUT2D eigenvalue weighted by Crippen LogP contribution is -2.27. The molecule has 108 valence electrons. The van der Waals surface area contributed by atoms with Crippen molar-refractivity contribution in [2.75, 3.05) is 32.7 Å². The van der Waals surface area contributed by atoms with Crippen molar-refractivity contribution >= 4 is 5.82 Å². The molecule has 1 unspecified atom stereocenters. The molecule has 1 aromatic rings. The van der Waals surface area contributed by atoms with E-state index < -0.39 is 0 Å². The van der Waals surface area contributed by atoms with E-state index >= 15 is 0 Å². The first-order valence-electron chi connectivity index (χ1n) is 6.47. The molecule has 1 heterocycles.